The van der Waals surface area contributed by atoms with Crippen LogP contribution in [0.5, 0.6) is 5.88 Å². The molecule has 1 saturated carbocycles. The molecule has 3 aliphatic rings. The monoisotopic (exact) mass is 328 g/mol. The Kier molecular flexibility index (Phi) is 3.70. The summed E-state index contributed by atoms with van der Waals surface area (Å²) >= 11 is 0. The number of carbonyl (C=O) groups excluding carboxylic acids is 2. The number of carbonyl (C=O) groups is 2. The maximum absolute atomic E-state index is 12.6. The summed E-state index contributed by atoms with van der Waals surface area (Å²) in [5.41, 5.74) is 0. The van der Waals surface area contributed by atoms with E-state index in [0.29, 0.717) is 31.4 Å². The number of rotatable bonds is 6. The number of hydrogen-bond donors (Lipinski definition) is 1. The van der Waals surface area contributed by atoms with Crippen LogP contribution in [0.1, 0.15) is 13.3 Å². The number of amides is 2. The van der Waals surface area contributed by atoms with E-state index < -0.39 is 0 Å². The van der Waals surface area contributed by atoms with Crippen LogP contribution in [0.15, 0.2) is 24.5 Å². The molecule has 1 saturated heterocycles. The third-order valence-electron chi connectivity index (χ3n) is 5.14. The Bertz CT molecular complexity index is 675. The van der Waals surface area contributed by atoms with E-state index in [-0.39, 0.29) is 35.5 Å². The molecule has 2 bridgehead atoms. The van der Waals surface area contributed by atoms with Gasteiger partial charge in [-0.3, -0.25) is 14.5 Å². The molecular formula is C17H20N4O3. The first-order valence-corrected chi connectivity index (χ1v) is 8.41. The van der Waals surface area contributed by atoms with Crippen molar-refractivity contribution in [1.82, 2.24) is 14.9 Å². The zero-order chi connectivity index (χ0) is 16.7. The lowest BCUT2D eigenvalue weighted by Crippen LogP contribution is -2.36. The summed E-state index contributed by atoms with van der Waals surface area (Å²) in [6, 6.07) is 1.70. The summed E-state index contributed by atoms with van der Waals surface area (Å²) in [5.74, 6) is 1.35. The van der Waals surface area contributed by atoms with Gasteiger partial charge in [0, 0.05) is 19.2 Å². The maximum Gasteiger partial charge on any atom is 0.233 e. The first-order chi connectivity index (χ1) is 11.7. The van der Waals surface area contributed by atoms with Crippen LogP contribution in [0.4, 0.5) is 5.82 Å². The van der Waals surface area contributed by atoms with E-state index in [2.05, 4.69) is 27.4 Å². The van der Waals surface area contributed by atoms with Gasteiger partial charge < -0.3 is 10.1 Å². The van der Waals surface area contributed by atoms with E-state index in [1.165, 1.54) is 11.2 Å². The molecule has 1 aromatic heterocycles. The number of nitrogens with one attached hydrogen (secondary N) is 1. The highest BCUT2D eigenvalue weighted by Crippen LogP contribution is 2.52. The molecule has 24 heavy (non-hydrogen) atoms. The Morgan fingerprint density at radius 3 is 2.58 bits per heavy atom. The molecule has 7 nitrogen and oxygen atoms in total. The minimum atomic E-state index is -0.129. The maximum atomic E-state index is 12.6. The number of allylic oxidation sites excluding steroid dienone is 2. The third-order valence-corrected chi connectivity index (χ3v) is 5.14. The zero-order valence-electron chi connectivity index (χ0n) is 13.5. The van der Waals surface area contributed by atoms with Crippen LogP contribution >= 0.6 is 0 Å². The zero-order valence-corrected chi connectivity index (χ0v) is 13.5. The lowest BCUT2D eigenvalue weighted by atomic mass is 9.85. The smallest absolute Gasteiger partial charge is 0.233 e. The molecule has 1 aliphatic heterocycles. The van der Waals surface area contributed by atoms with Gasteiger partial charge in [-0.25, -0.2) is 9.97 Å². The third kappa shape index (κ3) is 2.35. The Balaban J connectivity index is 1.36. The molecule has 2 amide bonds. The molecule has 2 aliphatic carbocycles. The lowest BCUT2D eigenvalue weighted by molar-refractivity contribution is -0.140. The number of likely N-dealkylation sites (tertiary alicyclic amines) is 1. The average Bonchev–Trinajstić information content (AvgIpc) is 3.25. The van der Waals surface area contributed by atoms with Gasteiger partial charge in [-0.2, -0.15) is 0 Å². The van der Waals surface area contributed by atoms with Crippen molar-refractivity contribution in [3.05, 3.63) is 24.5 Å². The van der Waals surface area contributed by atoms with Gasteiger partial charge in [0.05, 0.1) is 18.4 Å². The van der Waals surface area contributed by atoms with Gasteiger partial charge in [0.25, 0.3) is 0 Å². The van der Waals surface area contributed by atoms with Crippen molar-refractivity contribution in [3.8, 4) is 5.88 Å². The van der Waals surface area contributed by atoms with Crippen LogP contribution < -0.4 is 10.1 Å². The van der Waals surface area contributed by atoms with Crippen LogP contribution in [-0.4, -0.2) is 46.4 Å². The number of anilines is 1. The van der Waals surface area contributed by atoms with Crippen LogP contribution in [0.25, 0.3) is 0 Å². The van der Waals surface area contributed by atoms with Gasteiger partial charge in [-0.15, -0.1) is 0 Å². The van der Waals surface area contributed by atoms with Crippen molar-refractivity contribution in [2.45, 2.75) is 13.3 Å². The quantitative estimate of drug-likeness (QED) is 0.622. The highest BCUT2D eigenvalue weighted by molar-refractivity contribution is 6.06. The molecule has 126 valence electrons. The Hall–Kier alpha value is -2.44. The number of imide groups is 1. The molecule has 0 spiro atoms. The van der Waals surface area contributed by atoms with Crippen LogP contribution in [-0.2, 0) is 9.59 Å². The van der Waals surface area contributed by atoms with E-state index in [1.54, 1.807) is 6.07 Å². The molecule has 7 heteroatoms. The number of fused-ring (bicyclic) bond motifs is 5. The molecule has 2 fully saturated rings. The molecular weight excluding hydrogens is 308 g/mol. The summed E-state index contributed by atoms with van der Waals surface area (Å²) in [4.78, 5) is 34.7. The fraction of sp³-hybridized carbons (Fsp3) is 0.529. The van der Waals surface area contributed by atoms with E-state index in [1.807, 2.05) is 6.92 Å². The highest BCUT2D eigenvalue weighted by atomic mass is 16.5. The minimum absolute atomic E-state index is 0.0126. The van der Waals surface area contributed by atoms with Crippen molar-refractivity contribution in [3.63, 3.8) is 0 Å². The second-order valence-electron chi connectivity index (χ2n) is 6.43. The first kappa shape index (κ1) is 15.1. The van der Waals surface area contributed by atoms with Gasteiger partial charge in [0.15, 0.2) is 0 Å². The number of aromatic nitrogens is 2. The van der Waals surface area contributed by atoms with Crippen molar-refractivity contribution < 1.29 is 14.3 Å². The summed E-state index contributed by atoms with van der Waals surface area (Å²) in [5, 5.41) is 3.12. The SMILES string of the molecule is CCOc1cc(NCCN2C(=O)C3C4C=CC(C4)C3C2=O)ncn1. The fourth-order valence-electron chi connectivity index (χ4n) is 4.14. The van der Waals surface area contributed by atoms with Crippen molar-refractivity contribution in [2.75, 3.05) is 25.0 Å². The average molecular weight is 328 g/mol. The standard InChI is InChI=1S/C17H20N4O3/c1-2-24-13-8-12(19-9-20-13)18-5-6-21-16(22)14-10-3-4-11(7-10)15(14)17(21)23/h3-4,8-11,14-15H,2,5-7H2,1H3,(H,18,19,20). The van der Waals surface area contributed by atoms with Gasteiger partial charge >= 0.3 is 0 Å². The highest BCUT2D eigenvalue weighted by Gasteiger charge is 2.58. The van der Waals surface area contributed by atoms with E-state index >= 15 is 0 Å². The van der Waals surface area contributed by atoms with Gasteiger partial charge in [-0.1, -0.05) is 12.2 Å². The molecule has 0 radical (unpaired) electrons. The first-order valence-electron chi connectivity index (χ1n) is 8.41. The largest absolute Gasteiger partial charge is 0.478 e. The topological polar surface area (TPSA) is 84.4 Å². The van der Waals surface area contributed by atoms with Crippen molar-refractivity contribution in [2.24, 2.45) is 23.7 Å². The number of hydrogen-bond acceptors (Lipinski definition) is 6. The Labute approximate surface area is 140 Å². The fourth-order valence-corrected chi connectivity index (χ4v) is 4.14. The molecule has 1 aromatic rings. The van der Waals surface area contributed by atoms with E-state index in [0.717, 1.165) is 6.42 Å². The summed E-state index contributed by atoms with van der Waals surface area (Å²) in [7, 11) is 0. The predicted octanol–water partition coefficient (Wildman–Crippen LogP) is 1.09. The van der Waals surface area contributed by atoms with Crippen LogP contribution in [0.3, 0.4) is 0 Å². The second kappa shape index (κ2) is 5.89. The summed E-state index contributed by atoms with van der Waals surface area (Å²) in [6.07, 6.45) is 6.59. The second-order valence-corrected chi connectivity index (χ2v) is 6.43. The molecule has 0 aromatic carbocycles. The minimum Gasteiger partial charge on any atom is -0.478 e. The Morgan fingerprint density at radius 1 is 1.21 bits per heavy atom. The molecule has 1 N–H and O–H groups in total. The lowest BCUT2D eigenvalue weighted by Gasteiger charge is -2.17. The molecule has 4 atom stereocenters. The Morgan fingerprint density at radius 2 is 1.92 bits per heavy atom. The van der Waals surface area contributed by atoms with Gasteiger partial charge in [-0.05, 0) is 25.2 Å². The van der Waals surface area contributed by atoms with Crippen LogP contribution in [0, 0.1) is 23.7 Å². The summed E-state index contributed by atoms with van der Waals surface area (Å²) in [6.45, 7) is 3.24. The molecule has 2 heterocycles. The molecule has 4 unspecified atom stereocenters. The predicted molar refractivity (Wildman–Crippen MR) is 86.1 cm³/mol. The van der Waals surface area contributed by atoms with Crippen molar-refractivity contribution >= 4 is 17.6 Å². The number of ether oxygens (including phenoxy) is 1. The summed E-state index contributed by atoms with van der Waals surface area (Å²) < 4.78 is 5.32. The number of nitrogens with zero attached hydrogens (tertiary/aromatic N) is 3. The van der Waals surface area contributed by atoms with Crippen LogP contribution in [0.2, 0.25) is 0 Å². The normalized spacial score (nSPS) is 30.1. The van der Waals surface area contributed by atoms with Crippen molar-refractivity contribution in [1.29, 1.82) is 0 Å². The van der Waals surface area contributed by atoms with E-state index in [4.69, 9.17) is 4.74 Å². The van der Waals surface area contributed by atoms with Gasteiger partial charge in [0.2, 0.25) is 17.7 Å². The van der Waals surface area contributed by atoms with E-state index in [9.17, 15) is 9.59 Å². The molecule has 4 rings (SSSR count). The van der Waals surface area contributed by atoms with Gasteiger partial charge in [0.1, 0.15) is 12.1 Å².